The third-order valence-corrected chi connectivity index (χ3v) is 7.33. The molecule has 0 aliphatic carbocycles. The van der Waals surface area contributed by atoms with E-state index in [1.165, 1.54) is 16.4 Å². The van der Waals surface area contributed by atoms with E-state index >= 15 is 0 Å². The summed E-state index contributed by atoms with van der Waals surface area (Å²) < 4.78 is 51.4. The Morgan fingerprint density at radius 3 is 2.32 bits per heavy atom. The molecule has 1 saturated heterocycles. The van der Waals surface area contributed by atoms with E-state index in [2.05, 4.69) is 9.88 Å². The first kappa shape index (κ1) is 21.5. The van der Waals surface area contributed by atoms with Crippen LogP contribution in [0.2, 0.25) is 0 Å². The summed E-state index contributed by atoms with van der Waals surface area (Å²) in [6, 6.07) is 12.7. The summed E-state index contributed by atoms with van der Waals surface area (Å²) >= 11 is 0. The molecule has 31 heavy (non-hydrogen) atoms. The minimum atomic E-state index is -3.55. The third-order valence-electron chi connectivity index (χ3n) is 5.42. The molecule has 0 bridgehead atoms. The van der Waals surface area contributed by atoms with E-state index in [9.17, 15) is 12.8 Å². The number of methoxy groups -OCH3 is 2. The molecule has 164 valence electrons. The maximum Gasteiger partial charge on any atom is 0.243 e. The van der Waals surface area contributed by atoms with Gasteiger partial charge in [0.25, 0.3) is 0 Å². The Hall–Kier alpha value is -2.75. The summed E-state index contributed by atoms with van der Waals surface area (Å²) in [6.45, 7) is 2.51. The number of rotatable bonds is 6. The van der Waals surface area contributed by atoms with Gasteiger partial charge in [0, 0.05) is 44.2 Å². The van der Waals surface area contributed by atoms with Crippen molar-refractivity contribution in [2.45, 2.75) is 11.4 Å². The van der Waals surface area contributed by atoms with Crippen molar-refractivity contribution in [3.8, 4) is 11.5 Å². The molecule has 7 nitrogen and oxygen atoms in total. The molecule has 0 atom stereocenters. The summed E-state index contributed by atoms with van der Waals surface area (Å²) in [5.74, 6) is 0.847. The molecule has 1 fully saturated rings. The number of piperazine rings is 1. The fraction of sp³-hybridized carbons (Fsp3) is 0.318. The normalized spacial score (nSPS) is 15.8. The van der Waals surface area contributed by atoms with Crippen molar-refractivity contribution < 1.29 is 22.3 Å². The van der Waals surface area contributed by atoms with Crippen LogP contribution in [0.1, 0.15) is 5.69 Å². The molecule has 0 unspecified atom stereocenters. The van der Waals surface area contributed by atoms with Crippen LogP contribution in [0.15, 0.2) is 53.4 Å². The highest BCUT2D eigenvalue weighted by Gasteiger charge is 2.28. The second-order valence-electron chi connectivity index (χ2n) is 7.33. The van der Waals surface area contributed by atoms with E-state index in [4.69, 9.17) is 9.47 Å². The highest BCUT2D eigenvalue weighted by atomic mass is 32.2. The number of ether oxygens (including phenoxy) is 2. The monoisotopic (exact) mass is 445 g/mol. The van der Waals surface area contributed by atoms with Crippen LogP contribution in [0.3, 0.4) is 0 Å². The second-order valence-corrected chi connectivity index (χ2v) is 9.27. The van der Waals surface area contributed by atoms with Crippen LogP contribution in [0.25, 0.3) is 10.9 Å². The smallest absolute Gasteiger partial charge is 0.243 e. The Morgan fingerprint density at radius 2 is 1.68 bits per heavy atom. The van der Waals surface area contributed by atoms with Crippen molar-refractivity contribution in [3.63, 3.8) is 0 Å². The lowest BCUT2D eigenvalue weighted by Gasteiger charge is -2.33. The molecule has 9 heteroatoms. The average Bonchev–Trinajstić information content (AvgIpc) is 2.79. The number of fused-ring (bicyclic) bond motifs is 1. The Labute approximate surface area is 181 Å². The average molecular weight is 446 g/mol. The van der Waals surface area contributed by atoms with Crippen LogP contribution in [0, 0.1) is 5.82 Å². The van der Waals surface area contributed by atoms with Gasteiger partial charge in [0.15, 0.2) is 0 Å². The van der Waals surface area contributed by atoms with Gasteiger partial charge in [-0.25, -0.2) is 12.8 Å². The lowest BCUT2D eigenvalue weighted by atomic mass is 10.1. The molecule has 1 aromatic heterocycles. The molecular formula is C22H24FN3O4S. The summed E-state index contributed by atoms with van der Waals surface area (Å²) in [7, 11) is -0.456. The van der Waals surface area contributed by atoms with E-state index in [1.807, 2.05) is 6.07 Å². The van der Waals surface area contributed by atoms with Crippen molar-refractivity contribution >= 4 is 20.9 Å². The van der Waals surface area contributed by atoms with Gasteiger partial charge < -0.3 is 9.47 Å². The van der Waals surface area contributed by atoms with Crippen LogP contribution < -0.4 is 9.47 Å². The molecule has 1 aliphatic rings. The minimum Gasteiger partial charge on any atom is -0.497 e. The maximum atomic E-state index is 13.6. The molecule has 4 rings (SSSR count). The standard InChI is InChI=1S/C22H24FN3O4S/c1-29-18-4-6-19(7-5-18)31(27,28)26-11-9-25(10-12-26)15-17-14-22(30-2)20-13-16(23)3-8-21(20)24-17/h3-8,13-14H,9-12,15H2,1-2H3. The van der Waals surface area contributed by atoms with Crippen molar-refractivity contribution in [1.29, 1.82) is 0 Å². The molecule has 1 aliphatic heterocycles. The first-order valence-electron chi connectivity index (χ1n) is 9.90. The molecule has 0 saturated carbocycles. The lowest BCUT2D eigenvalue weighted by Crippen LogP contribution is -2.48. The Kier molecular flexibility index (Phi) is 6.08. The molecule has 0 N–H and O–H groups in total. The number of sulfonamides is 1. The summed E-state index contributed by atoms with van der Waals surface area (Å²) in [6.07, 6.45) is 0. The van der Waals surface area contributed by atoms with E-state index in [1.54, 1.807) is 44.6 Å². The van der Waals surface area contributed by atoms with Crippen LogP contribution in [-0.2, 0) is 16.6 Å². The number of nitrogens with zero attached hydrogens (tertiary/aromatic N) is 3. The predicted octanol–water partition coefficient (Wildman–Crippen LogP) is 2.90. The Balaban J connectivity index is 1.45. The number of hydrogen-bond donors (Lipinski definition) is 0. The fourth-order valence-electron chi connectivity index (χ4n) is 3.72. The van der Waals surface area contributed by atoms with Crippen molar-refractivity contribution in [2.75, 3.05) is 40.4 Å². The molecule has 3 aromatic rings. The minimum absolute atomic E-state index is 0.259. The molecule has 2 heterocycles. The zero-order valence-electron chi connectivity index (χ0n) is 17.4. The number of benzene rings is 2. The van der Waals surface area contributed by atoms with Crippen LogP contribution in [0.5, 0.6) is 11.5 Å². The molecule has 0 spiro atoms. The Bertz CT molecular complexity index is 1180. The fourth-order valence-corrected chi connectivity index (χ4v) is 5.15. The second kappa shape index (κ2) is 8.78. The van der Waals surface area contributed by atoms with E-state index < -0.39 is 10.0 Å². The lowest BCUT2D eigenvalue weighted by molar-refractivity contribution is 0.180. The van der Waals surface area contributed by atoms with Crippen LogP contribution in [0.4, 0.5) is 4.39 Å². The van der Waals surface area contributed by atoms with Gasteiger partial charge in [-0.2, -0.15) is 4.31 Å². The van der Waals surface area contributed by atoms with Gasteiger partial charge in [-0.05, 0) is 42.5 Å². The number of halogens is 1. The third kappa shape index (κ3) is 4.48. The van der Waals surface area contributed by atoms with Crippen molar-refractivity contribution in [1.82, 2.24) is 14.2 Å². The highest BCUT2D eigenvalue weighted by molar-refractivity contribution is 7.89. The summed E-state index contributed by atoms with van der Waals surface area (Å²) in [4.78, 5) is 7.03. The van der Waals surface area contributed by atoms with Gasteiger partial charge in [0.1, 0.15) is 17.3 Å². The Morgan fingerprint density at radius 1 is 0.968 bits per heavy atom. The first-order valence-corrected chi connectivity index (χ1v) is 11.3. The zero-order chi connectivity index (χ0) is 22.0. The maximum absolute atomic E-state index is 13.6. The van der Waals surface area contributed by atoms with E-state index in [0.717, 1.165) is 5.69 Å². The molecule has 0 amide bonds. The molecule has 0 radical (unpaired) electrons. The zero-order valence-corrected chi connectivity index (χ0v) is 18.2. The topological polar surface area (TPSA) is 72.0 Å². The number of hydrogen-bond acceptors (Lipinski definition) is 6. The van der Waals surface area contributed by atoms with Crippen molar-refractivity contribution in [2.24, 2.45) is 0 Å². The number of aromatic nitrogens is 1. The summed E-state index contributed by atoms with van der Waals surface area (Å²) in [5, 5.41) is 0.627. The molecular weight excluding hydrogens is 421 g/mol. The van der Waals surface area contributed by atoms with Gasteiger partial charge in [-0.3, -0.25) is 9.88 Å². The quantitative estimate of drug-likeness (QED) is 0.581. The van der Waals surface area contributed by atoms with E-state index in [0.29, 0.717) is 55.1 Å². The number of pyridine rings is 1. The largest absolute Gasteiger partial charge is 0.497 e. The summed E-state index contributed by atoms with van der Waals surface area (Å²) in [5.41, 5.74) is 1.46. The van der Waals surface area contributed by atoms with Gasteiger partial charge in [0.05, 0.1) is 30.3 Å². The van der Waals surface area contributed by atoms with Crippen molar-refractivity contribution in [3.05, 3.63) is 60.0 Å². The van der Waals surface area contributed by atoms with Gasteiger partial charge >= 0.3 is 0 Å². The van der Waals surface area contributed by atoms with Gasteiger partial charge in [0.2, 0.25) is 10.0 Å². The van der Waals surface area contributed by atoms with E-state index in [-0.39, 0.29) is 10.7 Å². The van der Waals surface area contributed by atoms with Gasteiger partial charge in [-0.1, -0.05) is 0 Å². The predicted molar refractivity (Wildman–Crippen MR) is 115 cm³/mol. The SMILES string of the molecule is COc1ccc(S(=O)(=O)N2CCN(Cc3cc(OC)c4cc(F)ccc4n3)CC2)cc1. The first-order chi connectivity index (χ1) is 14.9. The molecule has 2 aromatic carbocycles. The highest BCUT2D eigenvalue weighted by Crippen LogP contribution is 2.27. The van der Waals surface area contributed by atoms with Crippen LogP contribution >= 0.6 is 0 Å². The van der Waals surface area contributed by atoms with Crippen LogP contribution in [-0.4, -0.2) is 63.0 Å². The van der Waals surface area contributed by atoms with Gasteiger partial charge in [-0.15, -0.1) is 0 Å².